The number of aryl methyl sites for hydroxylation is 1. The van der Waals surface area contributed by atoms with Crippen molar-refractivity contribution in [2.75, 3.05) is 0 Å². The fourth-order valence-corrected chi connectivity index (χ4v) is 1.93. The SMILES string of the molecule is CCc1ccc(C(=O)Cn2ccc(=O)c([N+](=O)[O-])c2)cc1. The first-order chi connectivity index (χ1) is 10.0. The Morgan fingerprint density at radius 2 is 1.90 bits per heavy atom. The highest BCUT2D eigenvalue weighted by molar-refractivity contribution is 5.95. The van der Waals surface area contributed by atoms with E-state index in [0.29, 0.717) is 5.56 Å². The average molecular weight is 286 g/mol. The third kappa shape index (κ3) is 3.42. The maximum absolute atomic E-state index is 12.1. The van der Waals surface area contributed by atoms with Gasteiger partial charge in [0.05, 0.1) is 17.7 Å². The number of rotatable bonds is 5. The second-order valence-corrected chi connectivity index (χ2v) is 4.60. The molecule has 108 valence electrons. The summed E-state index contributed by atoms with van der Waals surface area (Å²) in [5, 5.41) is 10.7. The van der Waals surface area contributed by atoms with Gasteiger partial charge >= 0.3 is 5.69 Å². The molecule has 1 aromatic heterocycles. The standard InChI is InChI=1S/C15H14N2O4/c1-2-11-3-5-12(6-4-11)15(19)10-16-8-7-14(18)13(9-16)17(20)21/h3-9H,2,10H2,1H3. The molecule has 0 fully saturated rings. The molecule has 0 aliphatic rings. The van der Waals surface area contributed by atoms with Crippen LogP contribution >= 0.6 is 0 Å². The zero-order valence-corrected chi connectivity index (χ0v) is 11.5. The van der Waals surface area contributed by atoms with E-state index in [0.717, 1.165) is 24.2 Å². The second-order valence-electron chi connectivity index (χ2n) is 4.60. The quantitative estimate of drug-likeness (QED) is 0.479. The summed E-state index contributed by atoms with van der Waals surface area (Å²) in [6.45, 7) is 1.98. The number of carbonyl (C=O) groups is 1. The molecule has 6 nitrogen and oxygen atoms in total. The normalized spacial score (nSPS) is 10.3. The largest absolute Gasteiger partial charge is 0.340 e. The Kier molecular flexibility index (Phi) is 4.27. The van der Waals surface area contributed by atoms with Crippen LogP contribution in [0.5, 0.6) is 0 Å². The van der Waals surface area contributed by atoms with E-state index in [2.05, 4.69) is 0 Å². The number of aromatic nitrogens is 1. The van der Waals surface area contributed by atoms with Crippen LogP contribution in [0.2, 0.25) is 0 Å². The van der Waals surface area contributed by atoms with Gasteiger partial charge in [0.25, 0.3) is 5.43 Å². The van der Waals surface area contributed by atoms with Gasteiger partial charge in [0, 0.05) is 17.8 Å². The molecule has 0 saturated carbocycles. The molecular weight excluding hydrogens is 272 g/mol. The molecule has 2 aromatic rings. The second kappa shape index (κ2) is 6.13. The maximum atomic E-state index is 12.1. The van der Waals surface area contributed by atoms with E-state index in [9.17, 15) is 19.7 Å². The fraction of sp³-hybridized carbons (Fsp3) is 0.200. The summed E-state index contributed by atoms with van der Waals surface area (Å²) >= 11 is 0. The van der Waals surface area contributed by atoms with Gasteiger partial charge in [-0.3, -0.25) is 19.7 Å². The molecular formula is C15H14N2O4. The third-order valence-electron chi connectivity index (χ3n) is 3.16. The van der Waals surface area contributed by atoms with Crippen LogP contribution in [0.1, 0.15) is 22.8 Å². The number of pyridine rings is 1. The van der Waals surface area contributed by atoms with E-state index in [4.69, 9.17) is 0 Å². The van der Waals surface area contributed by atoms with Crippen molar-refractivity contribution in [2.45, 2.75) is 19.9 Å². The first kappa shape index (κ1) is 14.6. The molecule has 1 aromatic carbocycles. The van der Waals surface area contributed by atoms with E-state index < -0.39 is 16.0 Å². The minimum atomic E-state index is -0.751. The Labute approximate surface area is 120 Å². The van der Waals surface area contributed by atoms with Crippen LogP contribution in [0.3, 0.4) is 0 Å². The van der Waals surface area contributed by atoms with Crippen LogP contribution in [0.4, 0.5) is 5.69 Å². The van der Waals surface area contributed by atoms with Crippen molar-refractivity contribution in [3.8, 4) is 0 Å². The maximum Gasteiger partial charge on any atom is 0.332 e. The Morgan fingerprint density at radius 1 is 1.24 bits per heavy atom. The first-order valence-electron chi connectivity index (χ1n) is 6.48. The van der Waals surface area contributed by atoms with E-state index in [1.165, 1.54) is 10.8 Å². The molecule has 21 heavy (non-hydrogen) atoms. The molecule has 0 spiro atoms. The van der Waals surface area contributed by atoms with E-state index >= 15 is 0 Å². The van der Waals surface area contributed by atoms with Gasteiger partial charge in [-0.05, 0) is 12.0 Å². The lowest BCUT2D eigenvalue weighted by Crippen LogP contribution is -2.15. The van der Waals surface area contributed by atoms with Crippen LogP contribution in [0, 0.1) is 10.1 Å². The zero-order chi connectivity index (χ0) is 15.4. The van der Waals surface area contributed by atoms with Gasteiger partial charge in [-0.25, -0.2) is 0 Å². The van der Waals surface area contributed by atoms with E-state index in [1.54, 1.807) is 12.1 Å². The molecule has 0 atom stereocenters. The van der Waals surface area contributed by atoms with Crippen molar-refractivity contribution in [2.24, 2.45) is 0 Å². The molecule has 0 amide bonds. The van der Waals surface area contributed by atoms with Crippen LogP contribution in [0.15, 0.2) is 47.5 Å². The van der Waals surface area contributed by atoms with Gasteiger partial charge in [-0.1, -0.05) is 31.2 Å². The van der Waals surface area contributed by atoms with E-state index in [-0.39, 0.29) is 12.3 Å². The van der Waals surface area contributed by atoms with Crippen molar-refractivity contribution in [1.29, 1.82) is 0 Å². The van der Waals surface area contributed by atoms with Gasteiger partial charge in [-0.15, -0.1) is 0 Å². The minimum Gasteiger partial charge on any atom is -0.340 e. The summed E-state index contributed by atoms with van der Waals surface area (Å²) in [5.41, 5.74) is 0.460. The zero-order valence-electron chi connectivity index (χ0n) is 11.5. The van der Waals surface area contributed by atoms with Crippen LogP contribution in [-0.2, 0) is 13.0 Å². The lowest BCUT2D eigenvalue weighted by molar-refractivity contribution is -0.386. The molecule has 2 rings (SSSR count). The fourth-order valence-electron chi connectivity index (χ4n) is 1.93. The van der Waals surface area contributed by atoms with Gasteiger partial charge in [0.2, 0.25) is 0 Å². The molecule has 6 heteroatoms. The number of ketones is 1. The monoisotopic (exact) mass is 286 g/mol. The molecule has 1 heterocycles. The van der Waals surface area contributed by atoms with Crippen molar-refractivity contribution in [3.63, 3.8) is 0 Å². The van der Waals surface area contributed by atoms with Crippen LogP contribution in [0.25, 0.3) is 0 Å². The molecule has 0 unspecified atom stereocenters. The number of hydrogen-bond donors (Lipinski definition) is 0. The Morgan fingerprint density at radius 3 is 2.48 bits per heavy atom. The lowest BCUT2D eigenvalue weighted by atomic mass is 10.1. The number of Topliss-reactive ketones (excluding diaryl/α,β-unsaturated/α-hetero) is 1. The van der Waals surface area contributed by atoms with Crippen LogP contribution in [-0.4, -0.2) is 15.3 Å². The Hall–Kier alpha value is -2.76. The summed E-state index contributed by atoms with van der Waals surface area (Å²) < 4.78 is 1.34. The number of nitro groups is 1. The van der Waals surface area contributed by atoms with Gasteiger partial charge in [0.1, 0.15) is 0 Å². The summed E-state index contributed by atoms with van der Waals surface area (Å²) in [6, 6.07) is 8.31. The molecule has 0 bridgehead atoms. The smallest absolute Gasteiger partial charge is 0.332 e. The number of hydrogen-bond acceptors (Lipinski definition) is 4. The summed E-state index contributed by atoms with van der Waals surface area (Å²) in [4.78, 5) is 33.4. The summed E-state index contributed by atoms with van der Waals surface area (Å²) in [7, 11) is 0. The topological polar surface area (TPSA) is 82.2 Å². The number of nitrogens with zero attached hydrogens (tertiary/aromatic N) is 2. The van der Waals surface area contributed by atoms with E-state index in [1.807, 2.05) is 19.1 Å². The lowest BCUT2D eigenvalue weighted by Gasteiger charge is -2.06. The van der Waals surface area contributed by atoms with Crippen molar-refractivity contribution < 1.29 is 9.72 Å². The highest BCUT2D eigenvalue weighted by Gasteiger charge is 2.13. The molecule has 0 aliphatic heterocycles. The molecule has 0 N–H and O–H groups in total. The average Bonchev–Trinajstić information content (AvgIpc) is 2.49. The first-order valence-corrected chi connectivity index (χ1v) is 6.48. The van der Waals surface area contributed by atoms with Crippen molar-refractivity contribution in [3.05, 3.63) is 74.2 Å². The Bertz CT molecular complexity index is 732. The predicted octanol–water partition coefficient (Wildman–Crippen LogP) is 2.20. The van der Waals surface area contributed by atoms with Gasteiger partial charge in [-0.2, -0.15) is 0 Å². The van der Waals surface area contributed by atoms with Crippen molar-refractivity contribution in [1.82, 2.24) is 4.57 Å². The number of carbonyl (C=O) groups excluding carboxylic acids is 1. The highest BCUT2D eigenvalue weighted by Crippen LogP contribution is 2.08. The Balaban J connectivity index is 2.21. The predicted molar refractivity (Wildman–Crippen MR) is 77.5 cm³/mol. The van der Waals surface area contributed by atoms with Crippen LogP contribution < -0.4 is 5.43 Å². The summed E-state index contributed by atoms with van der Waals surface area (Å²) in [6.07, 6.45) is 3.34. The minimum absolute atomic E-state index is 0.0490. The van der Waals surface area contributed by atoms with Gasteiger partial charge in [0.15, 0.2) is 5.78 Å². The highest BCUT2D eigenvalue weighted by atomic mass is 16.6. The molecule has 0 aliphatic carbocycles. The molecule has 0 saturated heterocycles. The number of benzene rings is 1. The summed E-state index contributed by atoms with van der Waals surface area (Å²) in [5.74, 6) is -0.171. The third-order valence-corrected chi connectivity index (χ3v) is 3.16. The van der Waals surface area contributed by atoms with Gasteiger partial charge < -0.3 is 4.57 Å². The van der Waals surface area contributed by atoms with Crippen molar-refractivity contribution >= 4 is 11.5 Å². The molecule has 0 radical (unpaired) electrons.